The number of H-pyrrole nitrogens is 1. The molecule has 1 amide bonds. The second-order valence-electron chi connectivity index (χ2n) is 8.94. The standard InChI is InChI=1S/C22H31N5O2/c1-2-21(28)26-10-5-6-15(13-26)19-12-20-23-18-9-11-25(16-7-3-4-8-16)14-17(18)22(29)27(20)24-19/h12,15-16,24H,2-11,13-14H2,1H3/t15-/m0/s1. The van der Waals surface area contributed by atoms with Crippen molar-refractivity contribution in [1.82, 2.24) is 24.4 Å². The van der Waals surface area contributed by atoms with Crippen LogP contribution in [0, 0.1) is 0 Å². The molecule has 1 saturated heterocycles. The van der Waals surface area contributed by atoms with Gasteiger partial charge in [0.15, 0.2) is 5.65 Å². The summed E-state index contributed by atoms with van der Waals surface area (Å²) in [4.78, 5) is 34.7. The zero-order valence-corrected chi connectivity index (χ0v) is 17.3. The zero-order chi connectivity index (χ0) is 20.0. The van der Waals surface area contributed by atoms with Crippen LogP contribution in [0.5, 0.6) is 0 Å². The molecule has 7 heteroatoms. The van der Waals surface area contributed by atoms with Crippen LogP contribution in [0.2, 0.25) is 0 Å². The number of likely N-dealkylation sites (tertiary alicyclic amines) is 1. The summed E-state index contributed by atoms with van der Waals surface area (Å²) in [5.41, 5.74) is 3.63. The number of hydrogen-bond acceptors (Lipinski definition) is 4. The van der Waals surface area contributed by atoms with Gasteiger partial charge in [-0.25, -0.2) is 9.50 Å². The molecule has 29 heavy (non-hydrogen) atoms. The Morgan fingerprint density at radius 2 is 2.03 bits per heavy atom. The third-order valence-electron chi connectivity index (χ3n) is 7.17. The molecule has 0 bridgehead atoms. The van der Waals surface area contributed by atoms with Crippen molar-refractivity contribution in [3.8, 4) is 0 Å². The smallest absolute Gasteiger partial charge is 0.277 e. The normalized spacial score (nSPS) is 23.6. The summed E-state index contributed by atoms with van der Waals surface area (Å²) in [6.07, 6.45) is 8.57. The van der Waals surface area contributed by atoms with Crippen LogP contribution in [0.1, 0.15) is 74.7 Å². The molecule has 0 aromatic carbocycles. The first kappa shape index (κ1) is 18.9. The van der Waals surface area contributed by atoms with Gasteiger partial charge < -0.3 is 4.90 Å². The van der Waals surface area contributed by atoms with Crippen LogP contribution in [0.3, 0.4) is 0 Å². The number of rotatable bonds is 3. The first-order chi connectivity index (χ1) is 14.1. The average molecular weight is 398 g/mol. The molecule has 1 saturated carbocycles. The van der Waals surface area contributed by atoms with Crippen molar-refractivity contribution in [3.05, 3.63) is 33.4 Å². The molecule has 2 aliphatic heterocycles. The Balaban J connectivity index is 1.43. The molecule has 0 radical (unpaired) electrons. The fourth-order valence-electron chi connectivity index (χ4n) is 5.49. The predicted octanol–water partition coefficient (Wildman–Crippen LogP) is 2.44. The van der Waals surface area contributed by atoms with Crippen molar-refractivity contribution in [1.29, 1.82) is 0 Å². The third-order valence-corrected chi connectivity index (χ3v) is 7.17. The molecule has 1 atom stereocenters. The molecular formula is C22H31N5O2. The Morgan fingerprint density at radius 3 is 2.83 bits per heavy atom. The highest BCUT2D eigenvalue weighted by atomic mass is 16.2. The van der Waals surface area contributed by atoms with Crippen LogP contribution < -0.4 is 5.56 Å². The summed E-state index contributed by atoms with van der Waals surface area (Å²) < 4.78 is 1.63. The quantitative estimate of drug-likeness (QED) is 0.863. The first-order valence-corrected chi connectivity index (χ1v) is 11.3. The van der Waals surface area contributed by atoms with E-state index >= 15 is 0 Å². The third kappa shape index (κ3) is 3.39. The Bertz CT molecular complexity index is 971. The lowest BCUT2D eigenvalue weighted by Crippen LogP contribution is -2.41. The number of carbonyl (C=O) groups excluding carboxylic acids is 1. The fraction of sp³-hybridized carbons (Fsp3) is 0.682. The molecule has 2 fully saturated rings. The number of hydrogen-bond donors (Lipinski definition) is 1. The van der Waals surface area contributed by atoms with Gasteiger partial charge in [-0.1, -0.05) is 19.8 Å². The molecule has 3 aliphatic rings. The lowest BCUT2D eigenvalue weighted by molar-refractivity contribution is -0.132. The molecule has 1 aliphatic carbocycles. The van der Waals surface area contributed by atoms with Crippen LogP contribution in [0.15, 0.2) is 10.9 Å². The van der Waals surface area contributed by atoms with Crippen molar-refractivity contribution in [2.24, 2.45) is 0 Å². The summed E-state index contributed by atoms with van der Waals surface area (Å²) >= 11 is 0. The Morgan fingerprint density at radius 1 is 1.21 bits per heavy atom. The predicted molar refractivity (Wildman–Crippen MR) is 111 cm³/mol. The van der Waals surface area contributed by atoms with Gasteiger partial charge in [0.05, 0.1) is 11.3 Å². The molecule has 5 rings (SSSR count). The van der Waals surface area contributed by atoms with Crippen LogP contribution in [0.25, 0.3) is 5.65 Å². The van der Waals surface area contributed by atoms with Gasteiger partial charge in [-0.05, 0) is 25.7 Å². The lowest BCUT2D eigenvalue weighted by Gasteiger charge is -2.32. The van der Waals surface area contributed by atoms with E-state index in [4.69, 9.17) is 4.98 Å². The number of nitrogens with one attached hydrogen (secondary N) is 1. The van der Waals surface area contributed by atoms with Gasteiger partial charge >= 0.3 is 0 Å². The van der Waals surface area contributed by atoms with Crippen molar-refractivity contribution < 1.29 is 4.79 Å². The van der Waals surface area contributed by atoms with E-state index in [9.17, 15) is 9.59 Å². The molecular weight excluding hydrogens is 366 g/mol. The monoisotopic (exact) mass is 397 g/mol. The number of aromatic nitrogens is 3. The highest BCUT2D eigenvalue weighted by Gasteiger charge is 2.30. The van der Waals surface area contributed by atoms with Gasteiger partial charge in [0, 0.05) is 62.7 Å². The van der Waals surface area contributed by atoms with Crippen molar-refractivity contribution >= 4 is 11.6 Å². The second kappa shape index (κ2) is 7.59. The zero-order valence-electron chi connectivity index (χ0n) is 17.3. The van der Waals surface area contributed by atoms with Crippen molar-refractivity contribution in [2.45, 2.75) is 76.8 Å². The Labute approximate surface area is 171 Å². The minimum absolute atomic E-state index is 0.0521. The summed E-state index contributed by atoms with van der Waals surface area (Å²) in [6.45, 7) is 5.22. The maximum Gasteiger partial charge on any atom is 0.277 e. The number of aromatic amines is 1. The number of fused-ring (bicyclic) bond motifs is 2. The van der Waals surface area contributed by atoms with E-state index in [1.807, 2.05) is 17.9 Å². The highest BCUT2D eigenvalue weighted by Crippen LogP contribution is 2.29. The topological polar surface area (TPSA) is 73.7 Å². The van der Waals surface area contributed by atoms with Crippen LogP contribution in [0.4, 0.5) is 0 Å². The van der Waals surface area contributed by atoms with E-state index in [1.165, 1.54) is 25.7 Å². The van der Waals surface area contributed by atoms with Crippen LogP contribution in [-0.4, -0.2) is 56.0 Å². The van der Waals surface area contributed by atoms with Gasteiger partial charge in [-0.15, -0.1) is 0 Å². The summed E-state index contributed by atoms with van der Waals surface area (Å²) in [5, 5.41) is 3.33. The first-order valence-electron chi connectivity index (χ1n) is 11.3. The largest absolute Gasteiger partial charge is 0.342 e. The summed E-state index contributed by atoms with van der Waals surface area (Å²) in [5.74, 6) is 0.455. The molecule has 2 aromatic rings. The Kier molecular flexibility index (Phi) is 4.94. The lowest BCUT2D eigenvalue weighted by atomic mass is 9.94. The van der Waals surface area contributed by atoms with Crippen molar-refractivity contribution in [2.75, 3.05) is 19.6 Å². The van der Waals surface area contributed by atoms with Crippen LogP contribution >= 0.6 is 0 Å². The van der Waals surface area contributed by atoms with Gasteiger partial charge in [0.2, 0.25) is 5.91 Å². The number of nitrogens with zero attached hydrogens (tertiary/aromatic N) is 4. The second-order valence-corrected chi connectivity index (χ2v) is 8.94. The van der Waals surface area contributed by atoms with E-state index in [1.54, 1.807) is 4.52 Å². The number of amides is 1. The van der Waals surface area contributed by atoms with E-state index in [2.05, 4.69) is 10.00 Å². The maximum absolute atomic E-state index is 13.2. The van der Waals surface area contributed by atoms with Crippen molar-refractivity contribution in [3.63, 3.8) is 0 Å². The minimum atomic E-state index is 0.0521. The molecule has 4 heterocycles. The van der Waals surface area contributed by atoms with Crippen LogP contribution in [-0.2, 0) is 17.8 Å². The molecule has 1 N–H and O–H groups in total. The fourth-order valence-corrected chi connectivity index (χ4v) is 5.49. The molecule has 0 unspecified atom stereocenters. The molecule has 0 spiro atoms. The number of piperidine rings is 1. The molecule has 7 nitrogen and oxygen atoms in total. The number of carbonyl (C=O) groups is 1. The summed E-state index contributed by atoms with van der Waals surface area (Å²) in [6, 6.07) is 2.65. The minimum Gasteiger partial charge on any atom is -0.342 e. The van der Waals surface area contributed by atoms with E-state index in [0.717, 1.165) is 68.0 Å². The average Bonchev–Trinajstić information content (AvgIpc) is 3.43. The van der Waals surface area contributed by atoms with Gasteiger partial charge in [0.25, 0.3) is 5.56 Å². The molecule has 2 aromatic heterocycles. The van der Waals surface area contributed by atoms with Gasteiger partial charge in [-0.3, -0.25) is 19.6 Å². The van der Waals surface area contributed by atoms with E-state index < -0.39 is 0 Å². The van der Waals surface area contributed by atoms with E-state index in [-0.39, 0.29) is 17.4 Å². The SMILES string of the molecule is CCC(=O)N1CCC[C@H](c2cc3nc4c(c(=O)n3[nH]2)CN(C2CCCC2)CC4)C1. The van der Waals surface area contributed by atoms with Gasteiger partial charge in [-0.2, -0.15) is 0 Å². The Hall–Kier alpha value is -2.15. The molecule has 156 valence electrons. The summed E-state index contributed by atoms with van der Waals surface area (Å²) in [7, 11) is 0. The van der Waals surface area contributed by atoms with Gasteiger partial charge in [0.1, 0.15) is 0 Å². The highest BCUT2D eigenvalue weighted by molar-refractivity contribution is 5.76. The maximum atomic E-state index is 13.2. The van der Waals surface area contributed by atoms with E-state index in [0.29, 0.717) is 12.5 Å².